The molecule has 2 aromatic carbocycles. The van der Waals surface area contributed by atoms with Gasteiger partial charge in [-0.3, -0.25) is 0 Å². The number of fused-ring (bicyclic) bond motifs is 1. The van der Waals surface area contributed by atoms with Gasteiger partial charge in [-0.05, 0) is 54.3 Å². The number of rotatable bonds is 4. The summed E-state index contributed by atoms with van der Waals surface area (Å²) in [6.45, 7) is 6.49. The van der Waals surface area contributed by atoms with Crippen LogP contribution in [0.15, 0.2) is 54.6 Å². The summed E-state index contributed by atoms with van der Waals surface area (Å²) in [5, 5.41) is 0. The molecule has 21 heavy (non-hydrogen) atoms. The zero-order valence-electron chi connectivity index (χ0n) is 12.7. The Morgan fingerprint density at radius 2 is 1.57 bits per heavy atom. The van der Waals surface area contributed by atoms with Crippen LogP contribution in [0.3, 0.4) is 0 Å². The summed E-state index contributed by atoms with van der Waals surface area (Å²) in [5.74, 6) is 0. The lowest BCUT2D eigenvalue weighted by molar-refractivity contribution is 0.866. The first-order chi connectivity index (χ1) is 10.3. The molecule has 0 heterocycles. The second kappa shape index (κ2) is 6.01. The zero-order chi connectivity index (χ0) is 14.7. The number of hydrogen-bond donors (Lipinski definition) is 0. The predicted octanol–water partition coefficient (Wildman–Crippen LogP) is 5.10. The molecule has 0 aliphatic heterocycles. The Labute approximate surface area is 127 Å². The summed E-state index contributed by atoms with van der Waals surface area (Å²) < 4.78 is 0. The molecule has 1 aliphatic rings. The third kappa shape index (κ3) is 2.78. The Balaban J connectivity index is 1.86. The molecule has 0 spiro atoms. The molecule has 0 atom stereocenters. The summed E-state index contributed by atoms with van der Waals surface area (Å²) in [5.41, 5.74) is 6.47. The van der Waals surface area contributed by atoms with Crippen molar-refractivity contribution in [1.29, 1.82) is 0 Å². The van der Waals surface area contributed by atoms with Gasteiger partial charge < -0.3 is 4.90 Å². The molecule has 0 aromatic heterocycles. The smallest absolute Gasteiger partial charge is 0.0366 e. The quantitative estimate of drug-likeness (QED) is 0.750. The van der Waals surface area contributed by atoms with E-state index in [2.05, 4.69) is 85.5 Å². The fourth-order valence-electron chi connectivity index (χ4n) is 2.85. The van der Waals surface area contributed by atoms with Gasteiger partial charge in [0.25, 0.3) is 0 Å². The Bertz CT molecular complexity index is 673. The maximum absolute atomic E-state index is 2.36. The second-order valence-corrected chi connectivity index (χ2v) is 5.28. The average Bonchev–Trinajstić information content (AvgIpc) is 2.93. The van der Waals surface area contributed by atoms with Crippen molar-refractivity contribution in [3.63, 3.8) is 0 Å². The van der Waals surface area contributed by atoms with Crippen LogP contribution in [0.25, 0.3) is 17.7 Å². The van der Waals surface area contributed by atoms with E-state index in [0.29, 0.717) is 0 Å². The van der Waals surface area contributed by atoms with Crippen LogP contribution in [0.1, 0.15) is 30.5 Å². The van der Waals surface area contributed by atoms with Crippen LogP contribution >= 0.6 is 0 Å². The zero-order valence-corrected chi connectivity index (χ0v) is 12.7. The highest BCUT2D eigenvalue weighted by Gasteiger charge is 2.09. The maximum Gasteiger partial charge on any atom is 0.0366 e. The Kier molecular flexibility index (Phi) is 3.92. The van der Waals surface area contributed by atoms with Gasteiger partial charge in [0.1, 0.15) is 0 Å². The van der Waals surface area contributed by atoms with Crippen LogP contribution in [0.4, 0.5) is 5.69 Å². The average molecular weight is 275 g/mol. The second-order valence-electron chi connectivity index (χ2n) is 5.28. The van der Waals surface area contributed by atoms with Crippen molar-refractivity contribution in [3.05, 3.63) is 71.3 Å². The molecule has 0 radical (unpaired) electrons. The summed E-state index contributed by atoms with van der Waals surface area (Å²) in [6, 6.07) is 17.4. The first kappa shape index (κ1) is 13.7. The van der Waals surface area contributed by atoms with Gasteiger partial charge in [0, 0.05) is 18.8 Å². The van der Waals surface area contributed by atoms with Crippen molar-refractivity contribution in [2.24, 2.45) is 0 Å². The molecule has 0 amide bonds. The van der Waals surface area contributed by atoms with Crippen LogP contribution in [0.5, 0.6) is 0 Å². The minimum absolute atomic E-state index is 1.05. The minimum Gasteiger partial charge on any atom is -0.372 e. The van der Waals surface area contributed by atoms with E-state index in [1.165, 1.54) is 28.0 Å². The maximum atomic E-state index is 2.36. The minimum atomic E-state index is 1.05. The van der Waals surface area contributed by atoms with Gasteiger partial charge in [0.2, 0.25) is 0 Å². The SMILES string of the molecule is CCN(CC)c1ccc(/C=C2\C=Cc3ccccc32)cc1. The molecule has 0 saturated carbocycles. The fraction of sp³-hybridized carbons (Fsp3) is 0.200. The molecule has 2 aromatic rings. The summed E-state index contributed by atoms with van der Waals surface area (Å²) in [7, 11) is 0. The van der Waals surface area contributed by atoms with Crippen molar-refractivity contribution >= 4 is 23.4 Å². The van der Waals surface area contributed by atoms with Gasteiger partial charge >= 0.3 is 0 Å². The normalized spacial score (nSPS) is 14.5. The topological polar surface area (TPSA) is 3.24 Å². The summed E-state index contributed by atoms with van der Waals surface area (Å²) >= 11 is 0. The van der Waals surface area contributed by atoms with Gasteiger partial charge in [0.15, 0.2) is 0 Å². The van der Waals surface area contributed by atoms with Gasteiger partial charge in [-0.2, -0.15) is 0 Å². The van der Waals surface area contributed by atoms with Gasteiger partial charge in [-0.25, -0.2) is 0 Å². The van der Waals surface area contributed by atoms with E-state index in [1.807, 2.05) is 0 Å². The molecule has 106 valence electrons. The number of anilines is 1. The largest absolute Gasteiger partial charge is 0.372 e. The van der Waals surface area contributed by atoms with E-state index < -0.39 is 0 Å². The molecule has 1 heteroatoms. The van der Waals surface area contributed by atoms with E-state index in [4.69, 9.17) is 0 Å². The van der Waals surface area contributed by atoms with E-state index in [0.717, 1.165) is 13.1 Å². The van der Waals surface area contributed by atoms with Crippen LogP contribution < -0.4 is 4.90 Å². The van der Waals surface area contributed by atoms with Crippen molar-refractivity contribution < 1.29 is 0 Å². The Hall–Kier alpha value is -2.28. The number of allylic oxidation sites excluding steroid dienone is 2. The first-order valence-corrected chi connectivity index (χ1v) is 7.66. The number of benzene rings is 2. The Morgan fingerprint density at radius 1 is 0.857 bits per heavy atom. The Morgan fingerprint density at radius 3 is 2.29 bits per heavy atom. The van der Waals surface area contributed by atoms with Crippen molar-refractivity contribution in [2.45, 2.75) is 13.8 Å². The lowest BCUT2D eigenvalue weighted by Crippen LogP contribution is -2.21. The molecular formula is C20H21N. The number of hydrogen-bond acceptors (Lipinski definition) is 1. The molecule has 0 fully saturated rings. The standard InChI is InChI=1S/C20H21N/c1-3-21(4-2)19-13-9-16(10-14-19)15-18-12-11-17-7-5-6-8-20(17)18/h5-15H,3-4H2,1-2H3/b18-15+. The van der Waals surface area contributed by atoms with Gasteiger partial charge in [-0.15, -0.1) is 0 Å². The highest BCUT2D eigenvalue weighted by atomic mass is 15.1. The van der Waals surface area contributed by atoms with Crippen molar-refractivity contribution in [3.8, 4) is 0 Å². The third-order valence-electron chi connectivity index (χ3n) is 4.06. The molecule has 1 aliphatic carbocycles. The van der Waals surface area contributed by atoms with Crippen LogP contribution in [0.2, 0.25) is 0 Å². The molecule has 3 rings (SSSR count). The summed E-state index contributed by atoms with van der Waals surface area (Å²) in [6.07, 6.45) is 6.64. The first-order valence-electron chi connectivity index (χ1n) is 7.66. The van der Waals surface area contributed by atoms with Crippen molar-refractivity contribution in [2.75, 3.05) is 18.0 Å². The van der Waals surface area contributed by atoms with Crippen molar-refractivity contribution in [1.82, 2.24) is 0 Å². The van der Waals surface area contributed by atoms with E-state index >= 15 is 0 Å². The number of nitrogens with zero attached hydrogens (tertiary/aromatic N) is 1. The predicted molar refractivity (Wildman–Crippen MR) is 93.4 cm³/mol. The van der Waals surface area contributed by atoms with E-state index in [9.17, 15) is 0 Å². The van der Waals surface area contributed by atoms with E-state index in [1.54, 1.807) is 0 Å². The van der Waals surface area contributed by atoms with Crippen LogP contribution in [0, 0.1) is 0 Å². The van der Waals surface area contributed by atoms with E-state index in [-0.39, 0.29) is 0 Å². The third-order valence-corrected chi connectivity index (χ3v) is 4.06. The van der Waals surface area contributed by atoms with Gasteiger partial charge in [0.05, 0.1) is 0 Å². The molecule has 1 nitrogen and oxygen atoms in total. The highest BCUT2D eigenvalue weighted by molar-refractivity contribution is 5.97. The molecular weight excluding hydrogens is 254 g/mol. The molecule has 0 saturated heterocycles. The highest BCUT2D eigenvalue weighted by Crippen LogP contribution is 2.30. The lowest BCUT2D eigenvalue weighted by Gasteiger charge is -2.20. The fourth-order valence-corrected chi connectivity index (χ4v) is 2.85. The van der Waals surface area contributed by atoms with Crippen LogP contribution in [-0.2, 0) is 0 Å². The molecule has 0 unspecified atom stereocenters. The monoisotopic (exact) mass is 275 g/mol. The molecule has 0 bridgehead atoms. The van der Waals surface area contributed by atoms with Crippen LogP contribution in [-0.4, -0.2) is 13.1 Å². The molecule has 0 N–H and O–H groups in total. The lowest BCUT2D eigenvalue weighted by atomic mass is 10.0. The summed E-state index contributed by atoms with van der Waals surface area (Å²) in [4.78, 5) is 2.36. The van der Waals surface area contributed by atoms with Gasteiger partial charge in [-0.1, -0.05) is 48.6 Å².